The second-order valence-corrected chi connectivity index (χ2v) is 8.40. The molecular weight excluding hydrogens is 374 g/mol. The summed E-state index contributed by atoms with van der Waals surface area (Å²) in [5.41, 5.74) is 1.16. The number of carbonyl (C=O) groups is 1. The average molecular weight is 408 g/mol. The molecule has 1 amide bonds. The van der Waals surface area contributed by atoms with Gasteiger partial charge in [-0.3, -0.25) is 9.69 Å². The van der Waals surface area contributed by atoms with E-state index < -0.39 is 0 Å². The maximum atomic E-state index is 11.8. The SMILES string of the molecule is CCOCC(=O)N[C@H]1CC[C@H](CCN2CCN(c3ccccc3Cl)CC2)CC1. The summed E-state index contributed by atoms with van der Waals surface area (Å²) in [5, 5.41) is 3.96. The molecule has 0 spiro atoms. The van der Waals surface area contributed by atoms with Crippen molar-refractivity contribution in [3.8, 4) is 0 Å². The van der Waals surface area contributed by atoms with Crippen molar-refractivity contribution in [2.75, 3.05) is 50.8 Å². The van der Waals surface area contributed by atoms with Gasteiger partial charge in [-0.2, -0.15) is 0 Å². The minimum atomic E-state index is 0.0293. The molecule has 1 N–H and O–H groups in total. The smallest absolute Gasteiger partial charge is 0.246 e. The number of hydrogen-bond acceptors (Lipinski definition) is 4. The number of ether oxygens (including phenoxy) is 1. The van der Waals surface area contributed by atoms with E-state index in [4.69, 9.17) is 16.3 Å². The number of carbonyl (C=O) groups excluding carboxylic acids is 1. The van der Waals surface area contributed by atoms with E-state index in [9.17, 15) is 4.79 Å². The number of benzene rings is 1. The van der Waals surface area contributed by atoms with Gasteiger partial charge in [0.2, 0.25) is 5.91 Å². The van der Waals surface area contributed by atoms with Gasteiger partial charge >= 0.3 is 0 Å². The molecule has 1 saturated heterocycles. The Labute approximate surface area is 174 Å². The lowest BCUT2D eigenvalue weighted by Gasteiger charge is -2.37. The molecule has 1 aliphatic heterocycles. The Morgan fingerprint density at radius 1 is 1.14 bits per heavy atom. The molecule has 1 aliphatic carbocycles. The molecule has 0 atom stereocenters. The van der Waals surface area contributed by atoms with Gasteiger partial charge in [0, 0.05) is 38.8 Å². The number of nitrogens with zero attached hydrogens (tertiary/aromatic N) is 2. The van der Waals surface area contributed by atoms with E-state index in [0.717, 1.165) is 55.6 Å². The molecule has 5 nitrogen and oxygen atoms in total. The minimum Gasteiger partial charge on any atom is -0.372 e. The maximum absolute atomic E-state index is 11.8. The topological polar surface area (TPSA) is 44.8 Å². The van der Waals surface area contributed by atoms with Crippen LogP contribution in [0.5, 0.6) is 0 Å². The quantitative estimate of drug-likeness (QED) is 0.715. The van der Waals surface area contributed by atoms with Crippen LogP contribution < -0.4 is 10.2 Å². The highest BCUT2D eigenvalue weighted by atomic mass is 35.5. The van der Waals surface area contributed by atoms with Crippen molar-refractivity contribution in [1.82, 2.24) is 10.2 Å². The van der Waals surface area contributed by atoms with Crippen LogP contribution in [0, 0.1) is 5.92 Å². The van der Waals surface area contributed by atoms with E-state index >= 15 is 0 Å². The zero-order valence-corrected chi connectivity index (χ0v) is 17.8. The predicted octanol–water partition coefficient (Wildman–Crippen LogP) is 3.56. The van der Waals surface area contributed by atoms with Crippen LogP contribution in [0.2, 0.25) is 5.02 Å². The third kappa shape index (κ3) is 6.36. The van der Waals surface area contributed by atoms with Gasteiger partial charge in [0.15, 0.2) is 0 Å². The summed E-state index contributed by atoms with van der Waals surface area (Å²) >= 11 is 6.34. The summed E-state index contributed by atoms with van der Waals surface area (Å²) in [5.74, 6) is 0.823. The number of hydrogen-bond donors (Lipinski definition) is 1. The summed E-state index contributed by atoms with van der Waals surface area (Å²) in [6.07, 6.45) is 5.91. The van der Waals surface area contributed by atoms with Crippen LogP contribution in [0.15, 0.2) is 24.3 Å². The largest absolute Gasteiger partial charge is 0.372 e. The van der Waals surface area contributed by atoms with Crippen LogP contribution in [0.25, 0.3) is 0 Å². The number of anilines is 1. The first-order chi connectivity index (χ1) is 13.7. The molecule has 1 aromatic rings. The molecule has 28 heavy (non-hydrogen) atoms. The Morgan fingerprint density at radius 3 is 2.54 bits per heavy atom. The van der Waals surface area contributed by atoms with Crippen molar-refractivity contribution >= 4 is 23.2 Å². The molecular formula is C22H34ClN3O2. The van der Waals surface area contributed by atoms with Crippen molar-refractivity contribution in [3.05, 3.63) is 29.3 Å². The molecule has 2 aliphatic rings. The number of para-hydroxylation sites is 1. The molecule has 156 valence electrons. The molecule has 0 radical (unpaired) electrons. The summed E-state index contributed by atoms with van der Waals surface area (Å²) in [4.78, 5) is 16.8. The fourth-order valence-electron chi connectivity index (χ4n) is 4.35. The minimum absolute atomic E-state index is 0.0293. The summed E-state index contributed by atoms with van der Waals surface area (Å²) in [7, 11) is 0. The van der Waals surface area contributed by atoms with Gasteiger partial charge in [0.05, 0.1) is 10.7 Å². The molecule has 3 rings (SSSR count). The first-order valence-corrected chi connectivity index (χ1v) is 11.1. The Bertz CT molecular complexity index is 612. The summed E-state index contributed by atoms with van der Waals surface area (Å²) in [6.45, 7) is 8.17. The van der Waals surface area contributed by atoms with Gasteiger partial charge in [-0.1, -0.05) is 23.7 Å². The van der Waals surface area contributed by atoms with E-state index in [1.54, 1.807) is 0 Å². The monoisotopic (exact) mass is 407 g/mol. The summed E-state index contributed by atoms with van der Waals surface area (Å²) in [6, 6.07) is 8.47. The van der Waals surface area contributed by atoms with E-state index in [0.29, 0.717) is 12.6 Å². The molecule has 0 aromatic heterocycles. The molecule has 2 fully saturated rings. The van der Waals surface area contributed by atoms with Crippen LogP contribution in [-0.4, -0.2) is 62.8 Å². The highest BCUT2D eigenvalue weighted by molar-refractivity contribution is 6.33. The second-order valence-electron chi connectivity index (χ2n) is 7.99. The van der Waals surface area contributed by atoms with Crippen molar-refractivity contribution in [3.63, 3.8) is 0 Å². The molecule has 1 aromatic carbocycles. The Hall–Kier alpha value is -1.30. The lowest BCUT2D eigenvalue weighted by molar-refractivity contribution is -0.126. The van der Waals surface area contributed by atoms with Crippen molar-refractivity contribution in [1.29, 1.82) is 0 Å². The Kier molecular flexibility index (Phi) is 8.44. The normalized spacial score (nSPS) is 23.6. The number of halogens is 1. The van der Waals surface area contributed by atoms with Gasteiger partial charge in [-0.25, -0.2) is 0 Å². The van der Waals surface area contributed by atoms with Crippen LogP contribution in [0.1, 0.15) is 39.0 Å². The lowest BCUT2D eigenvalue weighted by atomic mass is 9.84. The third-order valence-electron chi connectivity index (χ3n) is 6.07. The van der Waals surface area contributed by atoms with Gasteiger partial charge < -0.3 is 15.0 Å². The van der Waals surface area contributed by atoms with Crippen molar-refractivity contribution in [2.45, 2.75) is 45.1 Å². The van der Waals surface area contributed by atoms with Crippen LogP contribution in [0.3, 0.4) is 0 Å². The van der Waals surface area contributed by atoms with E-state index in [1.807, 2.05) is 19.1 Å². The van der Waals surface area contributed by atoms with Gasteiger partial charge in [0.1, 0.15) is 6.61 Å². The average Bonchev–Trinajstić information content (AvgIpc) is 2.72. The van der Waals surface area contributed by atoms with E-state index in [-0.39, 0.29) is 12.5 Å². The summed E-state index contributed by atoms with van der Waals surface area (Å²) < 4.78 is 5.18. The third-order valence-corrected chi connectivity index (χ3v) is 6.39. The predicted molar refractivity (Wildman–Crippen MR) is 115 cm³/mol. The Morgan fingerprint density at radius 2 is 1.86 bits per heavy atom. The second kappa shape index (κ2) is 11.0. The van der Waals surface area contributed by atoms with Gasteiger partial charge in [-0.05, 0) is 63.6 Å². The van der Waals surface area contributed by atoms with E-state index in [1.165, 1.54) is 25.8 Å². The molecule has 6 heteroatoms. The molecule has 1 heterocycles. The zero-order valence-electron chi connectivity index (χ0n) is 17.0. The van der Waals surface area contributed by atoms with Gasteiger partial charge in [0.25, 0.3) is 0 Å². The highest BCUT2D eigenvalue weighted by Crippen LogP contribution is 2.28. The Balaban J connectivity index is 1.31. The van der Waals surface area contributed by atoms with Crippen LogP contribution >= 0.6 is 11.6 Å². The zero-order chi connectivity index (χ0) is 19.8. The van der Waals surface area contributed by atoms with Crippen molar-refractivity contribution < 1.29 is 9.53 Å². The molecule has 0 bridgehead atoms. The molecule has 1 saturated carbocycles. The van der Waals surface area contributed by atoms with Crippen LogP contribution in [0.4, 0.5) is 5.69 Å². The van der Waals surface area contributed by atoms with Crippen molar-refractivity contribution in [2.24, 2.45) is 5.92 Å². The number of amides is 1. The number of rotatable bonds is 8. The molecule has 0 unspecified atom stereocenters. The fourth-order valence-corrected chi connectivity index (χ4v) is 4.60. The fraction of sp³-hybridized carbons (Fsp3) is 0.682. The van der Waals surface area contributed by atoms with Gasteiger partial charge in [-0.15, -0.1) is 0 Å². The number of nitrogens with one attached hydrogen (secondary N) is 1. The number of piperazine rings is 1. The first kappa shape index (κ1) is 21.4. The highest BCUT2D eigenvalue weighted by Gasteiger charge is 2.24. The lowest BCUT2D eigenvalue weighted by Crippen LogP contribution is -2.47. The first-order valence-electron chi connectivity index (χ1n) is 10.7. The van der Waals surface area contributed by atoms with E-state index in [2.05, 4.69) is 27.2 Å². The maximum Gasteiger partial charge on any atom is 0.246 e. The van der Waals surface area contributed by atoms with Crippen LogP contribution in [-0.2, 0) is 9.53 Å². The standard InChI is InChI=1S/C22H34ClN3O2/c1-2-28-17-22(27)24-19-9-7-18(8-10-19)11-12-25-13-15-26(16-14-25)21-6-4-3-5-20(21)23/h3-6,18-19H,2,7-17H2,1H3,(H,24,27)/t18-,19-.